The highest BCUT2D eigenvalue weighted by Crippen LogP contribution is 2.38. The fraction of sp³-hybridized carbons (Fsp3) is 0.261. The van der Waals surface area contributed by atoms with Crippen molar-refractivity contribution in [2.45, 2.75) is 12.8 Å². The van der Waals surface area contributed by atoms with Gasteiger partial charge in [-0.3, -0.25) is 4.98 Å². The van der Waals surface area contributed by atoms with E-state index in [1.807, 2.05) is 6.07 Å². The molecular weight excluding hydrogens is 356 g/mol. The molecule has 0 atom stereocenters. The fourth-order valence-electron chi connectivity index (χ4n) is 3.83. The van der Waals surface area contributed by atoms with E-state index in [2.05, 4.69) is 67.5 Å². The zero-order valence-corrected chi connectivity index (χ0v) is 16.8. The summed E-state index contributed by atoms with van der Waals surface area (Å²) >= 11 is 0. The molecule has 0 saturated heterocycles. The van der Waals surface area contributed by atoms with Gasteiger partial charge in [-0.15, -0.1) is 12.4 Å². The Morgan fingerprint density at radius 2 is 1.81 bits per heavy atom. The highest BCUT2D eigenvalue weighted by molar-refractivity contribution is 5.90. The van der Waals surface area contributed by atoms with E-state index in [1.165, 1.54) is 33.4 Å². The number of hydrogen-bond donors (Lipinski definition) is 0. The van der Waals surface area contributed by atoms with Crippen LogP contribution in [0.1, 0.15) is 23.2 Å². The zero-order chi connectivity index (χ0) is 18.1. The smallest absolute Gasteiger partial charge is 0.119 e. The molecule has 1 aliphatic carbocycles. The van der Waals surface area contributed by atoms with E-state index in [0.29, 0.717) is 0 Å². The molecule has 1 aliphatic rings. The quantitative estimate of drug-likeness (QED) is 0.638. The number of likely N-dealkylation sites (N-methyl/N-ethyl adjacent to an activating group) is 1. The summed E-state index contributed by atoms with van der Waals surface area (Å²) < 4.78 is 5.47. The van der Waals surface area contributed by atoms with Gasteiger partial charge in [0.05, 0.1) is 12.6 Å². The van der Waals surface area contributed by atoms with Crippen LogP contribution in [0.3, 0.4) is 0 Å². The fourth-order valence-corrected chi connectivity index (χ4v) is 3.83. The third-order valence-corrected chi connectivity index (χ3v) is 4.95. The predicted molar refractivity (Wildman–Crippen MR) is 115 cm³/mol. The Balaban J connectivity index is 0.00000210. The van der Waals surface area contributed by atoms with Gasteiger partial charge in [-0.25, -0.2) is 0 Å². The maximum Gasteiger partial charge on any atom is 0.119 e. The highest BCUT2D eigenvalue weighted by Gasteiger charge is 2.22. The molecule has 3 nitrogen and oxygen atoms in total. The Hall–Kier alpha value is -2.36. The summed E-state index contributed by atoms with van der Waals surface area (Å²) in [6.45, 7) is 0.957. The van der Waals surface area contributed by atoms with Crippen molar-refractivity contribution in [2.75, 3.05) is 27.7 Å². The average molecular weight is 381 g/mol. The third kappa shape index (κ3) is 3.85. The van der Waals surface area contributed by atoms with Gasteiger partial charge in [0.15, 0.2) is 0 Å². The number of nitrogens with zero attached hydrogens (tertiary/aromatic N) is 2. The van der Waals surface area contributed by atoms with Gasteiger partial charge >= 0.3 is 0 Å². The van der Waals surface area contributed by atoms with Gasteiger partial charge in [-0.2, -0.15) is 0 Å². The number of hydrogen-bond acceptors (Lipinski definition) is 3. The minimum Gasteiger partial charge on any atom is -0.497 e. The van der Waals surface area contributed by atoms with E-state index >= 15 is 0 Å². The van der Waals surface area contributed by atoms with E-state index in [-0.39, 0.29) is 12.4 Å². The minimum atomic E-state index is 0. The molecule has 0 amide bonds. The van der Waals surface area contributed by atoms with Crippen LogP contribution in [-0.4, -0.2) is 37.6 Å². The number of aryl methyl sites for hydroxylation is 1. The van der Waals surface area contributed by atoms with E-state index in [1.54, 1.807) is 7.11 Å². The minimum absolute atomic E-state index is 0. The van der Waals surface area contributed by atoms with Crippen molar-refractivity contribution in [1.29, 1.82) is 0 Å². The first-order valence-corrected chi connectivity index (χ1v) is 9.06. The molecule has 1 aromatic heterocycles. The maximum atomic E-state index is 5.47. The first-order chi connectivity index (χ1) is 12.7. The summed E-state index contributed by atoms with van der Waals surface area (Å²) in [5.41, 5.74) is 7.53. The van der Waals surface area contributed by atoms with E-state index in [9.17, 15) is 0 Å². The lowest BCUT2D eigenvalue weighted by Crippen LogP contribution is -2.20. The molecule has 27 heavy (non-hydrogen) atoms. The van der Waals surface area contributed by atoms with Crippen LogP contribution < -0.4 is 4.74 Å². The van der Waals surface area contributed by atoms with Gasteiger partial charge in [-0.1, -0.05) is 30.3 Å². The SMILES string of the molecule is COc1cccc(C2=C(CN(C)C)CCc3nc4ccccc4cc32)c1.Cl. The number of para-hydroxylation sites is 1. The number of fused-ring (bicyclic) bond motifs is 2. The first kappa shape index (κ1) is 19.4. The van der Waals surface area contributed by atoms with E-state index in [4.69, 9.17) is 9.72 Å². The van der Waals surface area contributed by atoms with Crippen molar-refractivity contribution < 1.29 is 4.74 Å². The molecule has 0 aliphatic heterocycles. The van der Waals surface area contributed by atoms with Gasteiger partial charge in [0.25, 0.3) is 0 Å². The molecule has 0 fully saturated rings. The number of rotatable bonds is 4. The van der Waals surface area contributed by atoms with Crippen LogP contribution in [0, 0.1) is 0 Å². The zero-order valence-electron chi connectivity index (χ0n) is 16.0. The summed E-state index contributed by atoms with van der Waals surface area (Å²) in [6.07, 6.45) is 2.04. The maximum absolute atomic E-state index is 5.47. The molecule has 0 N–H and O–H groups in total. The molecule has 4 rings (SSSR count). The topological polar surface area (TPSA) is 25.4 Å². The third-order valence-electron chi connectivity index (χ3n) is 4.95. The summed E-state index contributed by atoms with van der Waals surface area (Å²) in [7, 11) is 5.98. The first-order valence-electron chi connectivity index (χ1n) is 9.06. The summed E-state index contributed by atoms with van der Waals surface area (Å²) in [5, 5.41) is 1.19. The van der Waals surface area contributed by atoms with Crippen molar-refractivity contribution in [3.05, 3.63) is 77.0 Å². The summed E-state index contributed by atoms with van der Waals surface area (Å²) in [6, 6.07) is 19.1. The van der Waals surface area contributed by atoms with Crippen molar-refractivity contribution in [1.82, 2.24) is 9.88 Å². The van der Waals surface area contributed by atoms with E-state index < -0.39 is 0 Å². The second-order valence-electron chi connectivity index (χ2n) is 7.12. The number of aromatic nitrogens is 1. The molecule has 3 aromatic rings. The molecule has 140 valence electrons. The van der Waals surface area contributed by atoms with Crippen molar-refractivity contribution in [3.63, 3.8) is 0 Å². The van der Waals surface area contributed by atoms with Gasteiger partial charge in [0.1, 0.15) is 5.75 Å². The van der Waals surface area contributed by atoms with Crippen LogP contribution in [0.4, 0.5) is 0 Å². The van der Waals surface area contributed by atoms with Crippen LogP contribution in [0.2, 0.25) is 0 Å². The van der Waals surface area contributed by atoms with Crippen LogP contribution in [-0.2, 0) is 6.42 Å². The monoisotopic (exact) mass is 380 g/mol. The summed E-state index contributed by atoms with van der Waals surface area (Å²) in [5.74, 6) is 0.889. The van der Waals surface area contributed by atoms with Crippen LogP contribution >= 0.6 is 12.4 Å². The molecule has 0 saturated carbocycles. The molecule has 1 heterocycles. The summed E-state index contributed by atoms with van der Waals surface area (Å²) in [4.78, 5) is 7.21. The lowest BCUT2D eigenvalue weighted by molar-refractivity contribution is 0.414. The standard InChI is InChI=1S/C23H24N2O.ClH/c1-25(2)15-18-11-12-22-20(14-16-7-4-5-10-21(16)24-22)23(18)17-8-6-9-19(13-17)26-3;/h4-10,13-14H,11-12,15H2,1-3H3;1H. The van der Waals surface area contributed by atoms with Crippen LogP contribution in [0.15, 0.2) is 60.2 Å². The Labute approximate surface area is 167 Å². The Morgan fingerprint density at radius 1 is 1.00 bits per heavy atom. The van der Waals surface area contributed by atoms with Gasteiger partial charge in [0.2, 0.25) is 0 Å². The number of benzene rings is 2. The molecule has 2 aromatic carbocycles. The van der Waals surface area contributed by atoms with Crippen LogP contribution in [0.25, 0.3) is 16.5 Å². The number of halogens is 1. The molecule has 0 spiro atoms. The molecule has 0 radical (unpaired) electrons. The normalized spacial score (nSPS) is 13.5. The highest BCUT2D eigenvalue weighted by atomic mass is 35.5. The van der Waals surface area contributed by atoms with Gasteiger partial charge < -0.3 is 9.64 Å². The molecule has 0 bridgehead atoms. The van der Waals surface area contributed by atoms with Gasteiger partial charge in [0, 0.05) is 23.2 Å². The predicted octanol–water partition coefficient (Wildman–Crippen LogP) is 4.97. The lowest BCUT2D eigenvalue weighted by atomic mass is 9.83. The van der Waals surface area contributed by atoms with Crippen molar-refractivity contribution in [3.8, 4) is 5.75 Å². The molecular formula is C23H25ClN2O. The number of methoxy groups -OCH3 is 1. The van der Waals surface area contributed by atoms with Crippen LogP contribution in [0.5, 0.6) is 5.75 Å². The second-order valence-corrected chi connectivity index (χ2v) is 7.12. The average Bonchev–Trinajstić information content (AvgIpc) is 2.66. The molecule has 4 heteroatoms. The van der Waals surface area contributed by atoms with Gasteiger partial charge in [-0.05, 0) is 67.9 Å². The largest absolute Gasteiger partial charge is 0.497 e. The Bertz CT molecular complexity index is 995. The van der Waals surface area contributed by atoms with Crippen molar-refractivity contribution >= 4 is 28.9 Å². The number of ether oxygens (including phenoxy) is 1. The Kier molecular flexibility index (Phi) is 5.83. The molecule has 0 unspecified atom stereocenters. The lowest BCUT2D eigenvalue weighted by Gasteiger charge is -2.26. The number of pyridine rings is 1. The van der Waals surface area contributed by atoms with Crippen molar-refractivity contribution in [2.24, 2.45) is 0 Å². The Morgan fingerprint density at radius 3 is 2.59 bits per heavy atom. The van der Waals surface area contributed by atoms with E-state index in [0.717, 1.165) is 30.7 Å². The second kappa shape index (κ2) is 8.12.